The van der Waals surface area contributed by atoms with Gasteiger partial charge in [-0.1, -0.05) is 11.3 Å². The summed E-state index contributed by atoms with van der Waals surface area (Å²) in [4.78, 5) is 17.9. The van der Waals surface area contributed by atoms with Gasteiger partial charge in [0.25, 0.3) is 5.82 Å². The number of rotatable bonds is 3. The quantitative estimate of drug-likeness (QED) is 0.862. The zero-order chi connectivity index (χ0) is 17.3. The van der Waals surface area contributed by atoms with Gasteiger partial charge < -0.3 is 4.90 Å². The molecule has 0 bridgehead atoms. The van der Waals surface area contributed by atoms with Crippen molar-refractivity contribution in [2.45, 2.75) is 19.8 Å². The van der Waals surface area contributed by atoms with Gasteiger partial charge in [0.1, 0.15) is 32.4 Å². The summed E-state index contributed by atoms with van der Waals surface area (Å²) in [5, 5.41) is 1.86. The molecule has 0 saturated carbocycles. The third kappa shape index (κ3) is 3.62. The molecule has 0 aliphatic carbocycles. The number of nitrogens with zero attached hydrogens (tertiary/aromatic N) is 2. The molecule has 1 saturated heterocycles. The Balaban J connectivity index is 1.60. The lowest BCUT2D eigenvalue weighted by atomic mass is 10.2. The smallest absolute Gasteiger partial charge is 0.311 e. The van der Waals surface area contributed by atoms with Gasteiger partial charge in [0.15, 0.2) is 6.67 Å². The average molecular weight is 360 g/mol. The van der Waals surface area contributed by atoms with Crippen LogP contribution in [0, 0.1) is 6.92 Å². The number of piperazine rings is 1. The number of quaternary nitrogens is 1. The van der Waals surface area contributed by atoms with Gasteiger partial charge in [-0.05, 0) is 13.0 Å². The third-order valence-corrected chi connectivity index (χ3v) is 5.17. The van der Waals surface area contributed by atoms with Crippen LogP contribution in [0.2, 0.25) is 0 Å². The Bertz CT molecular complexity index is 745. The second-order valence-corrected chi connectivity index (χ2v) is 6.75. The van der Waals surface area contributed by atoms with Crippen LogP contribution >= 0.6 is 11.3 Å². The van der Waals surface area contributed by atoms with Gasteiger partial charge in [-0.3, -0.25) is 14.3 Å². The van der Waals surface area contributed by atoms with Gasteiger partial charge in [-0.2, -0.15) is 13.2 Å². The van der Waals surface area contributed by atoms with Crippen LogP contribution in [0.1, 0.15) is 11.3 Å². The number of hydrogen-bond acceptors (Lipinski definition) is 3. The molecule has 0 amide bonds. The Kier molecular flexibility index (Phi) is 4.64. The van der Waals surface area contributed by atoms with Crippen molar-refractivity contribution in [3.8, 4) is 0 Å². The fourth-order valence-electron chi connectivity index (χ4n) is 2.83. The summed E-state index contributed by atoms with van der Waals surface area (Å²) in [6.07, 6.45) is -3.33. The topological polar surface area (TPSA) is 43.8 Å². The van der Waals surface area contributed by atoms with Crippen LogP contribution in [0.15, 0.2) is 28.5 Å². The van der Waals surface area contributed by atoms with E-state index in [1.54, 1.807) is 4.57 Å². The van der Waals surface area contributed by atoms with Crippen molar-refractivity contribution in [3.05, 3.63) is 44.6 Å². The monoisotopic (exact) mass is 360 g/mol. The van der Waals surface area contributed by atoms with E-state index in [1.807, 2.05) is 17.2 Å². The van der Waals surface area contributed by atoms with E-state index < -0.39 is 11.7 Å². The van der Waals surface area contributed by atoms with Crippen molar-refractivity contribution in [3.63, 3.8) is 0 Å². The SMILES string of the molecule is Cc1csc(=O)n1C[NH+]1CCN(c2ccc(C(F)(F)F)c[nH+]2)CC1. The number of aromatic amines is 1. The minimum absolute atomic E-state index is 0.0542. The molecule has 2 aromatic heterocycles. The van der Waals surface area contributed by atoms with Crippen molar-refractivity contribution in [2.24, 2.45) is 0 Å². The summed E-state index contributed by atoms with van der Waals surface area (Å²) in [6, 6.07) is 2.57. The highest BCUT2D eigenvalue weighted by Crippen LogP contribution is 2.28. The fraction of sp³-hybridized carbons (Fsp3) is 0.467. The predicted molar refractivity (Wildman–Crippen MR) is 84.2 cm³/mol. The van der Waals surface area contributed by atoms with Gasteiger partial charge in [0.2, 0.25) is 0 Å². The first-order valence-corrected chi connectivity index (χ1v) is 8.55. The van der Waals surface area contributed by atoms with Gasteiger partial charge >= 0.3 is 11.0 Å². The van der Waals surface area contributed by atoms with Gasteiger partial charge in [0, 0.05) is 17.1 Å². The third-order valence-electron chi connectivity index (χ3n) is 4.29. The number of aryl methyl sites for hydroxylation is 1. The molecule has 0 unspecified atom stereocenters. The highest BCUT2D eigenvalue weighted by molar-refractivity contribution is 7.07. The number of nitrogens with one attached hydrogen (secondary N) is 2. The lowest BCUT2D eigenvalue weighted by Gasteiger charge is -2.28. The second kappa shape index (κ2) is 6.56. The van der Waals surface area contributed by atoms with Crippen LogP contribution in [0.3, 0.4) is 0 Å². The van der Waals surface area contributed by atoms with E-state index in [0.717, 1.165) is 44.1 Å². The molecule has 3 rings (SSSR count). The van der Waals surface area contributed by atoms with E-state index in [-0.39, 0.29) is 4.87 Å². The molecule has 130 valence electrons. The minimum atomic E-state index is -4.33. The largest absolute Gasteiger partial charge is 0.419 e. The molecule has 1 aliphatic rings. The van der Waals surface area contributed by atoms with Gasteiger partial charge in [-0.15, -0.1) is 0 Å². The molecular formula is C15H19F3N4OS+2. The van der Waals surface area contributed by atoms with E-state index in [2.05, 4.69) is 4.98 Å². The molecule has 2 aromatic rings. The zero-order valence-corrected chi connectivity index (χ0v) is 14.0. The summed E-state index contributed by atoms with van der Waals surface area (Å²) < 4.78 is 39.6. The van der Waals surface area contributed by atoms with Crippen LogP contribution in [0.25, 0.3) is 0 Å². The molecule has 1 fully saturated rings. The van der Waals surface area contributed by atoms with Crippen molar-refractivity contribution < 1.29 is 23.1 Å². The van der Waals surface area contributed by atoms with Crippen LogP contribution < -0.4 is 19.7 Å². The second-order valence-electron chi connectivity index (χ2n) is 5.93. The Morgan fingerprint density at radius 1 is 1.29 bits per heavy atom. The number of pyridine rings is 1. The maximum absolute atomic E-state index is 12.6. The lowest BCUT2D eigenvalue weighted by molar-refractivity contribution is -0.923. The highest BCUT2D eigenvalue weighted by Gasteiger charge is 2.33. The van der Waals surface area contributed by atoms with E-state index >= 15 is 0 Å². The molecule has 0 spiro atoms. The summed E-state index contributed by atoms with van der Waals surface area (Å²) in [7, 11) is 0. The Labute approximate surface area is 141 Å². The molecule has 1 aliphatic heterocycles. The Morgan fingerprint density at radius 3 is 2.50 bits per heavy atom. The first-order chi connectivity index (χ1) is 11.3. The van der Waals surface area contributed by atoms with E-state index in [0.29, 0.717) is 12.5 Å². The van der Waals surface area contributed by atoms with Crippen molar-refractivity contribution >= 4 is 17.2 Å². The number of halogens is 3. The molecular weight excluding hydrogens is 341 g/mol. The molecule has 24 heavy (non-hydrogen) atoms. The standard InChI is InChI=1S/C15H17F3N4OS/c1-11-9-24-14(23)22(11)10-20-4-6-21(7-5-20)13-3-2-12(8-19-13)15(16,17)18/h2-3,8-9H,4-7,10H2,1H3/p+2. The van der Waals surface area contributed by atoms with Crippen LogP contribution in [-0.2, 0) is 12.8 Å². The molecule has 0 radical (unpaired) electrons. The summed E-state index contributed by atoms with van der Waals surface area (Å²) in [6.45, 7) is 5.68. The summed E-state index contributed by atoms with van der Waals surface area (Å²) in [5.41, 5.74) is 0.291. The van der Waals surface area contributed by atoms with Crippen LogP contribution in [-0.4, -0.2) is 30.7 Å². The van der Waals surface area contributed by atoms with Crippen molar-refractivity contribution in [1.82, 2.24) is 4.57 Å². The lowest BCUT2D eigenvalue weighted by Crippen LogP contribution is -3.14. The van der Waals surface area contributed by atoms with Crippen molar-refractivity contribution in [1.29, 1.82) is 0 Å². The van der Waals surface area contributed by atoms with E-state index in [9.17, 15) is 18.0 Å². The van der Waals surface area contributed by atoms with Crippen molar-refractivity contribution in [2.75, 3.05) is 31.1 Å². The van der Waals surface area contributed by atoms with Crippen LogP contribution in [0.5, 0.6) is 0 Å². The Morgan fingerprint density at radius 2 is 2.00 bits per heavy atom. The molecule has 0 atom stereocenters. The number of alkyl halides is 3. The van der Waals surface area contributed by atoms with Gasteiger partial charge in [0.05, 0.1) is 5.56 Å². The normalized spacial score (nSPS) is 16.6. The number of hydrogen-bond donors (Lipinski definition) is 1. The van der Waals surface area contributed by atoms with E-state index in [4.69, 9.17) is 0 Å². The number of aromatic nitrogens is 2. The number of anilines is 1. The molecule has 9 heteroatoms. The maximum atomic E-state index is 12.6. The zero-order valence-electron chi connectivity index (χ0n) is 13.2. The summed E-state index contributed by atoms with van der Waals surface area (Å²) >= 11 is 1.21. The predicted octanol–water partition coefficient (Wildman–Crippen LogP) is 0.414. The molecule has 3 heterocycles. The Hall–Kier alpha value is -1.87. The van der Waals surface area contributed by atoms with Gasteiger partial charge in [-0.25, -0.2) is 4.98 Å². The first-order valence-electron chi connectivity index (χ1n) is 7.67. The van der Waals surface area contributed by atoms with Crippen LogP contribution in [0.4, 0.5) is 19.0 Å². The maximum Gasteiger partial charge on any atom is 0.419 e. The molecule has 0 aromatic carbocycles. The highest BCUT2D eigenvalue weighted by atomic mass is 32.1. The number of thiazole rings is 1. The fourth-order valence-corrected chi connectivity index (χ4v) is 3.57. The van der Waals surface area contributed by atoms with E-state index in [1.165, 1.54) is 22.3 Å². The molecule has 2 N–H and O–H groups in total. The minimum Gasteiger partial charge on any atom is -0.311 e. The average Bonchev–Trinajstić information content (AvgIpc) is 2.87. The first kappa shape index (κ1) is 17.0. The summed E-state index contributed by atoms with van der Waals surface area (Å²) in [5.74, 6) is 0.686. The molecule has 5 nitrogen and oxygen atoms in total. The number of H-pyrrole nitrogens is 1.